The Morgan fingerprint density at radius 3 is 2.77 bits per heavy atom. The van der Waals surface area contributed by atoms with Crippen molar-refractivity contribution in [3.05, 3.63) is 29.3 Å². The number of benzene rings is 1. The van der Waals surface area contributed by atoms with Gasteiger partial charge in [-0.1, -0.05) is 17.7 Å². The van der Waals surface area contributed by atoms with Crippen molar-refractivity contribution in [1.29, 1.82) is 0 Å². The zero-order valence-electron chi connectivity index (χ0n) is 12.3. The molecule has 0 aliphatic carbocycles. The Bertz CT molecular complexity index is 480. The van der Waals surface area contributed by atoms with Gasteiger partial charge in [0.15, 0.2) is 0 Å². The minimum atomic E-state index is -0.492. The molecule has 5 nitrogen and oxygen atoms in total. The van der Waals surface area contributed by atoms with E-state index in [2.05, 4.69) is 5.32 Å². The molecule has 1 aliphatic rings. The summed E-state index contributed by atoms with van der Waals surface area (Å²) in [6.45, 7) is 2.35. The molecule has 1 amide bonds. The molecule has 7 heteroatoms. The second-order valence-corrected chi connectivity index (χ2v) is 5.59. The molecular formula is C15H22Cl2N2O3. The predicted molar refractivity (Wildman–Crippen MR) is 88.7 cm³/mol. The molecule has 0 spiro atoms. The fraction of sp³-hybridized carbons (Fsp3) is 0.533. The second-order valence-electron chi connectivity index (χ2n) is 5.16. The summed E-state index contributed by atoms with van der Waals surface area (Å²) < 4.78 is 10.8. The van der Waals surface area contributed by atoms with Crippen LogP contribution < -0.4 is 15.8 Å². The largest absolute Gasteiger partial charge is 0.492 e. The molecular weight excluding hydrogens is 327 g/mol. The van der Waals surface area contributed by atoms with Gasteiger partial charge < -0.3 is 20.5 Å². The normalized spacial score (nSPS) is 16.5. The van der Waals surface area contributed by atoms with Gasteiger partial charge in [-0.3, -0.25) is 4.79 Å². The molecule has 124 valence electrons. The number of rotatable bonds is 6. The lowest BCUT2D eigenvalue weighted by molar-refractivity contribution is -0.136. The van der Waals surface area contributed by atoms with E-state index in [1.807, 2.05) is 12.1 Å². The Hall–Kier alpha value is -1.01. The first-order valence-electron chi connectivity index (χ1n) is 7.11. The highest BCUT2D eigenvalue weighted by molar-refractivity contribution is 6.30. The van der Waals surface area contributed by atoms with Crippen molar-refractivity contribution in [2.45, 2.75) is 12.8 Å². The average Bonchev–Trinajstić information content (AvgIpc) is 2.52. The van der Waals surface area contributed by atoms with Crippen LogP contribution in [0.4, 0.5) is 0 Å². The molecule has 2 rings (SSSR count). The molecule has 0 unspecified atom stereocenters. The standard InChI is InChI=1S/C15H21ClN2O3.ClH/c16-12-2-1-3-13(10-12)21-9-6-18-14(19)15(11-17)4-7-20-8-5-15;/h1-3,10H,4-9,11,17H2,(H,18,19);1H. The zero-order valence-corrected chi connectivity index (χ0v) is 13.9. The lowest BCUT2D eigenvalue weighted by atomic mass is 9.79. The fourth-order valence-corrected chi connectivity index (χ4v) is 2.54. The Kier molecular flexibility index (Phi) is 7.96. The number of amides is 1. The van der Waals surface area contributed by atoms with Gasteiger partial charge in [-0.05, 0) is 31.0 Å². The van der Waals surface area contributed by atoms with Gasteiger partial charge in [-0.2, -0.15) is 0 Å². The number of hydrogen-bond acceptors (Lipinski definition) is 4. The van der Waals surface area contributed by atoms with E-state index in [1.54, 1.807) is 12.1 Å². The second kappa shape index (κ2) is 9.20. The highest BCUT2D eigenvalue weighted by atomic mass is 35.5. The van der Waals surface area contributed by atoms with Crippen molar-refractivity contribution in [2.24, 2.45) is 11.1 Å². The molecule has 0 saturated carbocycles. The van der Waals surface area contributed by atoms with Crippen molar-refractivity contribution < 1.29 is 14.3 Å². The zero-order chi connectivity index (χ0) is 15.1. The molecule has 0 bridgehead atoms. The number of halogens is 2. The summed E-state index contributed by atoms with van der Waals surface area (Å²) in [5.41, 5.74) is 5.30. The first kappa shape index (κ1) is 19.0. The maximum atomic E-state index is 12.3. The van der Waals surface area contributed by atoms with Crippen LogP contribution in [0.2, 0.25) is 5.02 Å². The molecule has 0 radical (unpaired) electrons. The first-order chi connectivity index (χ1) is 10.2. The monoisotopic (exact) mass is 348 g/mol. The van der Waals surface area contributed by atoms with Crippen molar-refractivity contribution >= 4 is 29.9 Å². The third kappa shape index (κ3) is 5.02. The molecule has 1 aromatic carbocycles. The minimum absolute atomic E-state index is 0. The lowest BCUT2D eigenvalue weighted by Crippen LogP contribution is -2.49. The number of ether oxygens (including phenoxy) is 2. The number of carbonyl (C=O) groups excluding carboxylic acids is 1. The third-order valence-corrected chi connectivity index (χ3v) is 4.01. The predicted octanol–water partition coefficient (Wildman–Crippen LogP) is 2.01. The number of hydrogen-bond donors (Lipinski definition) is 2. The van der Waals surface area contributed by atoms with Gasteiger partial charge in [0.25, 0.3) is 0 Å². The summed E-state index contributed by atoms with van der Waals surface area (Å²) in [4.78, 5) is 12.3. The van der Waals surface area contributed by atoms with Crippen LogP contribution >= 0.6 is 24.0 Å². The van der Waals surface area contributed by atoms with Crippen molar-refractivity contribution in [1.82, 2.24) is 5.32 Å². The van der Waals surface area contributed by atoms with Crippen LogP contribution in [-0.2, 0) is 9.53 Å². The molecule has 1 aromatic rings. The Balaban J connectivity index is 0.00000242. The van der Waals surface area contributed by atoms with E-state index in [9.17, 15) is 4.79 Å². The van der Waals surface area contributed by atoms with Gasteiger partial charge in [-0.25, -0.2) is 0 Å². The van der Waals surface area contributed by atoms with Crippen molar-refractivity contribution in [3.8, 4) is 5.75 Å². The maximum absolute atomic E-state index is 12.3. The first-order valence-corrected chi connectivity index (χ1v) is 7.49. The van der Waals surface area contributed by atoms with Gasteiger partial charge in [-0.15, -0.1) is 12.4 Å². The van der Waals surface area contributed by atoms with E-state index in [-0.39, 0.29) is 18.3 Å². The van der Waals surface area contributed by atoms with Crippen LogP contribution in [0.1, 0.15) is 12.8 Å². The van der Waals surface area contributed by atoms with E-state index in [1.165, 1.54) is 0 Å². The highest BCUT2D eigenvalue weighted by Crippen LogP contribution is 2.29. The van der Waals surface area contributed by atoms with E-state index in [0.717, 1.165) is 0 Å². The van der Waals surface area contributed by atoms with Crippen LogP contribution in [0, 0.1) is 5.41 Å². The Morgan fingerprint density at radius 1 is 1.41 bits per heavy atom. The van der Waals surface area contributed by atoms with Crippen molar-refractivity contribution in [3.63, 3.8) is 0 Å². The van der Waals surface area contributed by atoms with E-state index >= 15 is 0 Å². The molecule has 1 heterocycles. The van der Waals surface area contributed by atoms with Crippen LogP contribution in [0.5, 0.6) is 5.75 Å². The topological polar surface area (TPSA) is 73.6 Å². The fourth-order valence-electron chi connectivity index (χ4n) is 2.36. The molecule has 0 atom stereocenters. The van der Waals surface area contributed by atoms with Gasteiger partial charge in [0.1, 0.15) is 12.4 Å². The maximum Gasteiger partial charge on any atom is 0.227 e. The van der Waals surface area contributed by atoms with E-state index in [4.69, 9.17) is 26.8 Å². The highest BCUT2D eigenvalue weighted by Gasteiger charge is 2.38. The van der Waals surface area contributed by atoms with Gasteiger partial charge in [0, 0.05) is 24.8 Å². The van der Waals surface area contributed by atoms with Crippen LogP contribution in [0.3, 0.4) is 0 Å². The van der Waals surface area contributed by atoms with E-state index in [0.29, 0.717) is 56.5 Å². The summed E-state index contributed by atoms with van der Waals surface area (Å²) in [5.74, 6) is 0.680. The smallest absolute Gasteiger partial charge is 0.227 e. The summed E-state index contributed by atoms with van der Waals surface area (Å²) in [6, 6.07) is 7.17. The molecule has 1 fully saturated rings. The molecule has 3 N–H and O–H groups in total. The molecule has 0 aromatic heterocycles. The summed E-state index contributed by atoms with van der Waals surface area (Å²) in [7, 11) is 0. The number of carbonyl (C=O) groups is 1. The van der Waals surface area contributed by atoms with Crippen LogP contribution in [0.15, 0.2) is 24.3 Å². The quantitative estimate of drug-likeness (QED) is 0.771. The van der Waals surface area contributed by atoms with Crippen LogP contribution in [0.25, 0.3) is 0 Å². The Labute approximate surface area is 141 Å². The van der Waals surface area contributed by atoms with Crippen LogP contribution in [-0.4, -0.2) is 38.8 Å². The van der Waals surface area contributed by atoms with Crippen molar-refractivity contribution in [2.75, 3.05) is 32.9 Å². The average molecular weight is 349 g/mol. The van der Waals surface area contributed by atoms with E-state index < -0.39 is 5.41 Å². The summed E-state index contributed by atoms with van der Waals surface area (Å²) >= 11 is 5.87. The molecule has 1 aliphatic heterocycles. The molecule has 22 heavy (non-hydrogen) atoms. The number of nitrogens with one attached hydrogen (secondary N) is 1. The summed E-state index contributed by atoms with van der Waals surface area (Å²) in [5, 5.41) is 3.52. The summed E-state index contributed by atoms with van der Waals surface area (Å²) in [6.07, 6.45) is 1.34. The molecule has 1 saturated heterocycles. The SMILES string of the molecule is Cl.NCC1(C(=O)NCCOc2cccc(Cl)c2)CCOCC1. The Morgan fingerprint density at radius 2 is 2.14 bits per heavy atom. The van der Waals surface area contributed by atoms with Gasteiger partial charge in [0.05, 0.1) is 12.0 Å². The van der Waals surface area contributed by atoms with Gasteiger partial charge >= 0.3 is 0 Å². The lowest BCUT2D eigenvalue weighted by Gasteiger charge is -2.34. The third-order valence-electron chi connectivity index (χ3n) is 3.77. The van der Waals surface area contributed by atoms with Gasteiger partial charge in [0.2, 0.25) is 5.91 Å². The minimum Gasteiger partial charge on any atom is -0.492 e. The number of nitrogens with two attached hydrogens (primary N) is 1.